The highest BCUT2D eigenvalue weighted by Gasteiger charge is 2.31. The van der Waals surface area contributed by atoms with E-state index in [-0.39, 0.29) is 0 Å². The molecular formula is C55H28F3N7. The monoisotopic (exact) mass is 843 g/mol. The molecule has 0 bridgehead atoms. The van der Waals surface area contributed by atoms with Crippen molar-refractivity contribution in [3.8, 4) is 63.0 Å². The molecule has 0 spiro atoms. The minimum absolute atomic E-state index is 0.309. The van der Waals surface area contributed by atoms with Crippen molar-refractivity contribution in [1.82, 2.24) is 9.13 Å². The van der Waals surface area contributed by atoms with Crippen LogP contribution in [0.1, 0.15) is 27.8 Å². The van der Waals surface area contributed by atoms with Gasteiger partial charge in [0.1, 0.15) is 6.07 Å². The first-order valence-corrected chi connectivity index (χ1v) is 20.2. The van der Waals surface area contributed by atoms with Crippen molar-refractivity contribution >= 4 is 55.0 Å². The molecule has 304 valence electrons. The normalized spacial score (nSPS) is 11.3. The van der Waals surface area contributed by atoms with Crippen LogP contribution in [0.2, 0.25) is 0 Å². The van der Waals surface area contributed by atoms with Gasteiger partial charge in [-0.2, -0.15) is 29.0 Å². The van der Waals surface area contributed by atoms with E-state index in [2.05, 4.69) is 27.9 Å². The van der Waals surface area contributed by atoms with Crippen LogP contribution in [-0.2, 0) is 6.18 Å². The summed E-state index contributed by atoms with van der Waals surface area (Å²) in [7, 11) is 0. The van der Waals surface area contributed by atoms with E-state index >= 15 is 0 Å². The van der Waals surface area contributed by atoms with Crippen LogP contribution in [0.4, 0.5) is 24.5 Å². The van der Waals surface area contributed by atoms with Crippen LogP contribution in [0, 0.1) is 54.1 Å². The van der Waals surface area contributed by atoms with Gasteiger partial charge in [-0.1, -0.05) is 78.9 Å². The molecule has 0 aliphatic heterocycles. The minimum atomic E-state index is -4.57. The summed E-state index contributed by atoms with van der Waals surface area (Å²) in [4.78, 5) is 7.21. The fourth-order valence-electron chi connectivity index (χ4n) is 9.08. The van der Waals surface area contributed by atoms with E-state index < -0.39 is 11.7 Å². The van der Waals surface area contributed by atoms with Gasteiger partial charge in [-0.05, 0) is 113 Å². The summed E-state index contributed by atoms with van der Waals surface area (Å²) in [6.07, 6.45) is -4.57. The maximum atomic E-state index is 14.2. The van der Waals surface area contributed by atoms with Gasteiger partial charge < -0.3 is 9.13 Å². The Morgan fingerprint density at radius 2 is 1.08 bits per heavy atom. The van der Waals surface area contributed by atoms with Crippen LogP contribution in [0.5, 0.6) is 0 Å². The molecule has 2 aromatic heterocycles. The Morgan fingerprint density at radius 3 is 1.66 bits per heavy atom. The number of hydrogen-bond donors (Lipinski definition) is 0. The molecule has 0 aliphatic rings. The molecule has 10 rings (SSSR count). The van der Waals surface area contributed by atoms with Crippen LogP contribution in [0.15, 0.2) is 152 Å². The second kappa shape index (κ2) is 15.2. The lowest BCUT2D eigenvalue weighted by atomic mass is 9.94. The summed E-state index contributed by atoms with van der Waals surface area (Å²) < 4.78 is 46.5. The van der Waals surface area contributed by atoms with Gasteiger partial charge in [0.05, 0.1) is 81.0 Å². The number of halogens is 3. The molecule has 7 nitrogen and oxygen atoms in total. The second-order valence-corrected chi connectivity index (χ2v) is 15.6. The lowest BCUT2D eigenvalue weighted by Gasteiger charge is -2.20. The van der Waals surface area contributed by atoms with E-state index in [4.69, 9.17) is 13.1 Å². The number of nitriles is 3. The van der Waals surface area contributed by atoms with Crippen molar-refractivity contribution < 1.29 is 13.2 Å². The summed E-state index contributed by atoms with van der Waals surface area (Å²) >= 11 is 0. The van der Waals surface area contributed by atoms with E-state index in [1.54, 1.807) is 49.4 Å². The number of aryl methyl sites for hydroxylation is 1. The zero-order chi connectivity index (χ0) is 45.1. The number of aromatic nitrogens is 2. The number of benzene rings is 8. The van der Waals surface area contributed by atoms with Crippen LogP contribution < -0.4 is 0 Å². The first-order chi connectivity index (χ1) is 31.5. The topological polar surface area (TPSA) is 90.0 Å². The van der Waals surface area contributed by atoms with Gasteiger partial charge in [-0.3, -0.25) is 0 Å². The molecular weight excluding hydrogens is 816 g/mol. The predicted octanol–water partition coefficient (Wildman–Crippen LogP) is 14.9. The quantitative estimate of drug-likeness (QED) is 0.162. The summed E-state index contributed by atoms with van der Waals surface area (Å²) in [5.74, 6) is 0. The van der Waals surface area contributed by atoms with Crippen molar-refractivity contribution in [1.29, 1.82) is 15.8 Å². The number of para-hydroxylation sites is 2. The molecule has 2 heterocycles. The summed E-state index contributed by atoms with van der Waals surface area (Å²) in [6.45, 7) is 16.9. The van der Waals surface area contributed by atoms with Crippen molar-refractivity contribution in [2.75, 3.05) is 0 Å². The van der Waals surface area contributed by atoms with Crippen molar-refractivity contribution in [2.24, 2.45) is 0 Å². The van der Waals surface area contributed by atoms with Gasteiger partial charge in [0, 0.05) is 27.1 Å². The van der Waals surface area contributed by atoms with Gasteiger partial charge in [0.15, 0.2) is 11.4 Å². The first kappa shape index (κ1) is 39.7. The molecule has 0 fully saturated rings. The maximum absolute atomic E-state index is 14.2. The predicted molar refractivity (Wildman–Crippen MR) is 248 cm³/mol. The zero-order valence-corrected chi connectivity index (χ0v) is 34.2. The Morgan fingerprint density at radius 1 is 0.492 bits per heavy atom. The zero-order valence-electron chi connectivity index (χ0n) is 34.2. The first-order valence-electron chi connectivity index (χ1n) is 20.2. The van der Waals surface area contributed by atoms with E-state index in [1.807, 2.05) is 100 Å². The maximum Gasteiger partial charge on any atom is 0.416 e. The number of hydrogen-bond acceptors (Lipinski definition) is 3. The van der Waals surface area contributed by atoms with Gasteiger partial charge in [0.25, 0.3) is 0 Å². The van der Waals surface area contributed by atoms with Crippen molar-refractivity contribution in [3.63, 3.8) is 0 Å². The molecule has 0 N–H and O–H groups in total. The standard InChI is InChI=1S/C55H28F3N7/c1-32-22-38(55(56,57)58)15-18-40(32)47-28-53(64-49-10-6-4-8-43(49)46-25-35(14-21-51(46)64)42-19-16-39(62-2)27-48(42)63-3)37(31-61)26-54(47)65-50-11-7-5-9-44(50)45-24-34(13-20-52(45)65)41-17-12-33(29-59)23-36(41)30-60/h4-28H,1H3. The third kappa shape index (κ3) is 6.40. The highest BCUT2D eigenvalue weighted by molar-refractivity contribution is 6.13. The second-order valence-electron chi connectivity index (χ2n) is 15.6. The number of fused-ring (bicyclic) bond motifs is 6. The van der Waals surface area contributed by atoms with E-state index in [1.165, 1.54) is 6.07 Å². The average Bonchev–Trinajstić information content (AvgIpc) is 3.84. The highest BCUT2D eigenvalue weighted by atomic mass is 19.4. The molecule has 65 heavy (non-hydrogen) atoms. The molecule has 0 saturated carbocycles. The highest BCUT2D eigenvalue weighted by Crippen LogP contribution is 2.44. The Labute approximate surface area is 370 Å². The molecule has 0 unspecified atom stereocenters. The van der Waals surface area contributed by atoms with Crippen LogP contribution in [0.3, 0.4) is 0 Å². The molecule has 8 aromatic carbocycles. The minimum Gasteiger partial charge on any atom is -0.309 e. The number of nitrogens with zero attached hydrogens (tertiary/aromatic N) is 7. The van der Waals surface area contributed by atoms with Gasteiger partial charge in [-0.15, -0.1) is 0 Å². The molecule has 0 amide bonds. The fraction of sp³-hybridized carbons (Fsp3) is 0.0364. The van der Waals surface area contributed by atoms with Crippen LogP contribution in [-0.4, -0.2) is 9.13 Å². The Hall–Kier alpha value is -9.40. The SMILES string of the molecule is [C-]#[N+]c1ccc(-c2ccc3c(c2)c2ccccc2n3-c2cc(-c3ccc(C(F)(F)F)cc3C)c(-n3c4ccccc4c4cc(-c5ccc(C#N)cc5C#N)ccc43)cc2C#N)c([N+]#[C-])c1. The van der Waals surface area contributed by atoms with Crippen molar-refractivity contribution in [3.05, 3.63) is 202 Å². The van der Waals surface area contributed by atoms with Gasteiger partial charge in [0.2, 0.25) is 0 Å². The van der Waals surface area contributed by atoms with Crippen LogP contribution in [0.25, 0.3) is 98.1 Å². The molecule has 10 aromatic rings. The van der Waals surface area contributed by atoms with Gasteiger partial charge >= 0.3 is 6.18 Å². The van der Waals surface area contributed by atoms with E-state index in [9.17, 15) is 29.0 Å². The Bertz CT molecular complexity index is 3910. The molecule has 0 atom stereocenters. The Kier molecular flexibility index (Phi) is 9.29. The average molecular weight is 844 g/mol. The third-order valence-corrected chi connectivity index (χ3v) is 12.0. The molecule has 0 aliphatic carbocycles. The number of rotatable bonds is 5. The van der Waals surface area contributed by atoms with Crippen molar-refractivity contribution in [2.45, 2.75) is 13.1 Å². The molecule has 10 heteroatoms. The van der Waals surface area contributed by atoms with Gasteiger partial charge in [-0.25, -0.2) is 9.69 Å². The number of alkyl halides is 3. The lowest BCUT2D eigenvalue weighted by molar-refractivity contribution is -0.137. The molecule has 0 radical (unpaired) electrons. The summed E-state index contributed by atoms with van der Waals surface area (Å²) in [5.41, 5.74) is 9.53. The largest absolute Gasteiger partial charge is 0.416 e. The third-order valence-electron chi connectivity index (χ3n) is 12.0. The van der Waals surface area contributed by atoms with E-state index in [0.29, 0.717) is 67.3 Å². The molecule has 0 saturated heterocycles. The summed E-state index contributed by atoms with van der Waals surface area (Å²) in [5, 5.41) is 34.1. The summed E-state index contributed by atoms with van der Waals surface area (Å²) in [6, 6.07) is 51.4. The van der Waals surface area contributed by atoms with Crippen LogP contribution >= 0.6 is 0 Å². The fourth-order valence-corrected chi connectivity index (χ4v) is 9.08. The smallest absolute Gasteiger partial charge is 0.309 e. The van der Waals surface area contributed by atoms with E-state index in [0.717, 1.165) is 66.9 Å². The lowest BCUT2D eigenvalue weighted by Crippen LogP contribution is -2.07. The Balaban J connectivity index is 1.26.